The zero-order chi connectivity index (χ0) is 15.6. The number of nitrogens with one attached hydrogen (secondary N) is 3. The van der Waals surface area contributed by atoms with Crippen LogP contribution in [0.1, 0.15) is 39.5 Å². The quantitative estimate of drug-likeness (QED) is 0.226. The van der Waals surface area contributed by atoms with Crippen LogP contribution in [0, 0.1) is 5.41 Å². The van der Waals surface area contributed by atoms with Crippen molar-refractivity contribution in [1.29, 1.82) is 0 Å². The van der Waals surface area contributed by atoms with Crippen LogP contribution in [0.3, 0.4) is 0 Å². The summed E-state index contributed by atoms with van der Waals surface area (Å²) in [5.41, 5.74) is 0.329. The maximum Gasteiger partial charge on any atom is 0.216 e. The zero-order valence-electron chi connectivity index (χ0n) is 14.0. The highest BCUT2D eigenvalue weighted by molar-refractivity contribution is 14.0. The molecule has 0 radical (unpaired) electrons. The van der Waals surface area contributed by atoms with E-state index in [0.29, 0.717) is 18.5 Å². The maximum absolute atomic E-state index is 10.8. The fraction of sp³-hybridized carbons (Fsp3) is 0.867. The van der Waals surface area contributed by atoms with Crippen molar-refractivity contribution in [3.63, 3.8) is 0 Å². The predicted octanol–water partition coefficient (Wildman–Crippen LogP) is 1.50. The SMILES string of the molecule is CCNC(=NCC1(CCOC)CCC1)NCCNC(C)=O.I. The zero-order valence-corrected chi connectivity index (χ0v) is 16.4. The Labute approximate surface area is 151 Å². The Morgan fingerprint density at radius 2 is 1.91 bits per heavy atom. The number of amides is 1. The molecule has 0 aromatic carbocycles. The number of ether oxygens (including phenoxy) is 1. The third kappa shape index (κ3) is 8.17. The van der Waals surface area contributed by atoms with Gasteiger partial charge in [-0.3, -0.25) is 9.79 Å². The van der Waals surface area contributed by atoms with Gasteiger partial charge in [0.1, 0.15) is 0 Å². The fourth-order valence-corrected chi connectivity index (χ4v) is 2.49. The van der Waals surface area contributed by atoms with E-state index in [0.717, 1.165) is 32.1 Å². The van der Waals surface area contributed by atoms with Crippen LogP contribution >= 0.6 is 24.0 Å². The van der Waals surface area contributed by atoms with Gasteiger partial charge >= 0.3 is 0 Å². The molecule has 0 aromatic heterocycles. The summed E-state index contributed by atoms with van der Waals surface area (Å²) in [7, 11) is 1.75. The van der Waals surface area contributed by atoms with Gasteiger partial charge < -0.3 is 20.7 Å². The molecule has 6 nitrogen and oxygen atoms in total. The summed E-state index contributed by atoms with van der Waals surface area (Å²) in [4.78, 5) is 15.5. The molecule has 0 aliphatic heterocycles. The van der Waals surface area contributed by atoms with Crippen molar-refractivity contribution < 1.29 is 9.53 Å². The Morgan fingerprint density at radius 3 is 2.41 bits per heavy atom. The highest BCUT2D eigenvalue weighted by atomic mass is 127. The Morgan fingerprint density at radius 1 is 1.23 bits per heavy atom. The largest absolute Gasteiger partial charge is 0.385 e. The highest BCUT2D eigenvalue weighted by Gasteiger charge is 2.36. The van der Waals surface area contributed by atoms with Gasteiger partial charge in [-0.15, -0.1) is 24.0 Å². The van der Waals surface area contributed by atoms with Crippen molar-refractivity contribution in [3.8, 4) is 0 Å². The van der Waals surface area contributed by atoms with Gasteiger partial charge in [0.25, 0.3) is 0 Å². The van der Waals surface area contributed by atoms with E-state index in [9.17, 15) is 4.79 Å². The van der Waals surface area contributed by atoms with E-state index in [1.165, 1.54) is 26.2 Å². The van der Waals surface area contributed by atoms with E-state index in [-0.39, 0.29) is 29.9 Å². The minimum Gasteiger partial charge on any atom is -0.385 e. The summed E-state index contributed by atoms with van der Waals surface area (Å²) in [5.74, 6) is 0.818. The van der Waals surface area contributed by atoms with E-state index in [1.54, 1.807) is 7.11 Å². The average molecular weight is 426 g/mol. The van der Waals surface area contributed by atoms with Crippen LogP contribution in [0.15, 0.2) is 4.99 Å². The molecule has 1 amide bonds. The van der Waals surface area contributed by atoms with Crippen molar-refractivity contribution >= 4 is 35.8 Å². The van der Waals surface area contributed by atoms with Crippen LogP contribution in [-0.4, -0.2) is 51.8 Å². The molecule has 1 rings (SSSR count). The fourth-order valence-electron chi connectivity index (χ4n) is 2.49. The van der Waals surface area contributed by atoms with Gasteiger partial charge in [0.15, 0.2) is 5.96 Å². The Bertz CT molecular complexity index is 346. The van der Waals surface area contributed by atoms with E-state index >= 15 is 0 Å². The molecular formula is C15H31IN4O2. The predicted molar refractivity (Wildman–Crippen MR) is 101 cm³/mol. The van der Waals surface area contributed by atoms with Crippen LogP contribution < -0.4 is 16.0 Å². The number of hydrogen-bond donors (Lipinski definition) is 3. The molecule has 130 valence electrons. The second-order valence-corrected chi connectivity index (χ2v) is 5.70. The molecule has 22 heavy (non-hydrogen) atoms. The van der Waals surface area contributed by atoms with E-state index in [1.807, 2.05) is 0 Å². The third-order valence-electron chi connectivity index (χ3n) is 3.96. The van der Waals surface area contributed by atoms with Crippen molar-refractivity contribution in [2.24, 2.45) is 10.4 Å². The summed E-state index contributed by atoms with van der Waals surface area (Å²) in [5, 5.41) is 9.25. The second kappa shape index (κ2) is 11.9. The molecule has 0 aromatic rings. The lowest BCUT2D eigenvalue weighted by atomic mass is 9.67. The van der Waals surface area contributed by atoms with Gasteiger partial charge in [-0.25, -0.2) is 0 Å². The lowest BCUT2D eigenvalue weighted by Crippen LogP contribution is -2.42. The molecular weight excluding hydrogens is 395 g/mol. The summed E-state index contributed by atoms with van der Waals surface area (Å²) in [6.07, 6.45) is 4.86. The molecule has 0 atom stereocenters. The van der Waals surface area contributed by atoms with Gasteiger partial charge in [-0.1, -0.05) is 6.42 Å². The molecule has 0 unspecified atom stereocenters. The number of aliphatic imine (C=N–C) groups is 1. The monoisotopic (exact) mass is 426 g/mol. The minimum absolute atomic E-state index is 0. The van der Waals surface area contributed by atoms with Crippen LogP contribution in [0.5, 0.6) is 0 Å². The van der Waals surface area contributed by atoms with Crippen molar-refractivity contribution in [3.05, 3.63) is 0 Å². The van der Waals surface area contributed by atoms with Gasteiger partial charge in [0, 0.05) is 46.8 Å². The summed E-state index contributed by atoms with van der Waals surface area (Å²) < 4.78 is 5.21. The summed E-state index contributed by atoms with van der Waals surface area (Å²) >= 11 is 0. The molecule has 0 bridgehead atoms. The molecule has 1 aliphatic rings. The number of methoxy groups -OCH3 is 1. The summed E-state index contributed by atoms with van der Waals surface area (Å²) in [6, 6.07) is 0. The second-order valence-electron chi connectivity index (χ2n) is 5.70. The molecule has 0 spiro atoms. The van der Waals surface area contributed by atoms with Crippen molar-refractivity contribution in [2.75, 3.05) is 39.9 Å². The maximum atomic E-state index is 10.8. The minimum atomic E-state index is -0.00766. The van der Waals surface area contributed by atoms with Crippen molar-refractivity contribution in [2.45, 2.75) is 39.5 Å². The molecule has 1 fully saturated rings. The number of nitrogens with zero attached hydrogens (tertiary/aromatic N) is 1. The third-order valence-corrected chi connectivity index (χ3v) is 3.96. The average Bonchev–Trinajstić information content (AvgIpc) is 2.41. The van der Waals surface area contributed by atoms with Crippen LogP contribution in [0.2, 0.25) is 0 Å². The normalized spacial score (nSPS) is 16.2. The Kier molecular flexibility index (Phi) is 11.6. The van der Waals surface area contributed by atoms with E-state index in [4.69, 9.17) is 9.73 Å². The Hall–Kier alpha value is -0.570. The molecule has 7 heteroatoms. The Balaban J connectivity index is 0.00000441. The standard InChI is InChI=1S/C15H30N4O2.HI/c1-4-16-14(18-10-9-17-13(2)20)19-12-15(6-5-7-15)8-11-21-3;/h4-12H2,1-3H3,(H,17,20)(H2,16,18,19);1H. The summed E-state index contributed by atoms with van der Waals surface area (Å²) in [6.45, 7) is 7.33. The molecule has 1 saturated carbocycles. The van der Waals surface area contributed by atoms with Crippen LogP contribution in [-0.2, 0) is 9.53 Å². The molecule has 3 N–H and O–H groups in total. The number of halogens is 1. The van der Waals surface area contributed by atoms with E-state index in [2.05, 4.69) is 22.9 Å². The lowest BCUT2D eigenvalue weighted by molar-refractivity contribution is -0.118. The van der Waals surface area contributed by atoms with Crippen molar-refractivity contribution in [1.82, 2.24) is 16.0 Å². The first-order valence-electron chi connectivity index (χ1n) is 7.87. The highest BCUT2D eigenvalue weighted by Crippen LogP contribution is 2.44. The number of rotatable bonds is 9. The van der Waals surface area contributed by atoms with Gasteiger partial charge in [-0.05, 0) is 31.6 Å². The number of guanidine groups is 1. The smallest absolute Gasteiger partial charge is 0.216 e. The first kappa shape index (κ1) is 21.4. The topological polar surface area (TPSA) is 74.8 Å². The number of hydrogen-bond acceptors (Lipinski definition) is 3. The number of carbonyl (C=O) groups excluding carboxylic acids is 1. The lowest BCUT2D eigenvalue weighted by Gasteiger charge is -2.40. The molecule has 1 aliphatic carbocycles. The van der Waals surface area contributed by atoms with Crippen LogP contribution in [0.25, 0.3) is 0 Å². The van der Waals surface area contributed by atoms with E-state index < -0.39 is 0 Å². The van der Waals surface area contributed by atoms with Gasteiger partial charge in [0.2, 0.25) is 5.91 Å². The van der Waals surface area contributed by atoms with Gasteiger partial charge in [0.05, 0.1) is 0 Å². The molecule has 0 heterocycles. The van der Waals surface area contributed by atoms with Crippen LogP contribution in [0.4, 0.5) is 0 Å². The van der Waals surface area contributed by atoms with Gasteiger partial charge in [-0.2, -0.15) is 0 Å². The molecule has 0 saturated heterocycles. The first-order valence-corrected chi connectivity index (χ1v) is 7.87. The first-order chi connectivity index (χ1) is 10.1. The number of carbonyl (C=O) groups is 1.